The normalized spacial score (nSPS) is 12.4. The summed E-state index contributed by atoms with van der Waals surface area (Å²) in [6.07, 6.45) is 1.11. The number of benzene rings is 1. The minimum absolute atomic E-state index is 0.00387. The van der Waals surface area contributed by atoms with Crippen LogP contribution in [0.1, 0.15) is 32.3 Å². The Balaban J connectivity index is 2.26. The first-order valence-electron chi connectivity index (χ1n) is 8.39. The number of rotatable bonds is 9. The molecule has 0 amide bonds. The van der Waals surface area contributed by atoms with E-state index in [1.807, 2.05) is 45.0 Å². The molecule has 0 spiro atoms. The van der Waals surface area contributed by atoms with Crippen LogP contribution in [-0.4, -0.2) is 44.8 Å². The Morgan fingerprint density at radius 2 is 2.04 bits per heavy atom. The topological polar surface area (TPSA) is 72.0 Å². The van der Waals surface area contributed by atoms with Crippen molar-refractivity contribution in [3.8, 4) is 5.75 Å². The van der Waals surface area contributed by atoms with Gasteiger partial charge in [0, 0.05) is 20.0 Å². The molecule has 1 unspecified atom stereocenters. The quantitative estimate of drug-likeness (QED) is 0.313. The molecule has 0 heterocycles. The number of nitrogens with one attached hydrogen (secondary N) is 2. The van der Waals surface area contributed by atoms with E-state index in [2.05, 4.69) is 15.6 Å². The van der Waals surface area contributed by atoms with Crippen molar-refractivity contribution in [1.82, 2.24) is 10.6 Å². The lowest BCUT2D eigenvalue weighted by Gasteiger charge is -2.18. The molecular weight excluding hydrogens is 306 g/mol. The smallest absolute Gasteiger partial charge is 0.305 e. The molecule has 0 saturated heterocycles. The van der Waals surface area contributed by atoms with Crippen molar-refractivity contribution in [1.29, 1.82) is 0 Å². The van der Waals surface area contributed by atoms with E-state index in [1.165, 1.54) is 0 Å². The number of para-hydroxylation sites is 1. The van der Waals surface area contributed by atoms with Gasteiger partial charge in [-0.2, -0.15) is 0 Å². The van der Waals surface area contributed by atoms with Gasteiger partial charge in [-0.3, -0.25) is 9.79 Å². The highest BCUT2D eigenvalue weighted by Crippen LogP contribution is 2.17. The lowest BCUT2D eigenvalue weighted by molar-refractivity contribution is -0.143. The Hall–Kier alpha value is -2.24. The van der Waals surface area contributed by atoms with Gasteiger partial charge in [0.1, 0.15) is 11.9 Å². The lowest BCUT2D eigenvalue weighted by atomic mass is 10.2. The minimum Gasteiger partial charge on any atom is -0.489 e. The van der Waals surface area contributed by atoms with E-state index in [1.54, 1.807) is 7.05 Å². The van der Waals surface area contributed by atoms with E-state index >= 15 is 0 Å². The number of esters is 1. The van der Waals surface area contributed by atoms with Crippen LogP contribution in [0, 0.1) is 6.92 Å². The van der Waals surface area contributed by atoms with Crippen LogP contribution in [-0.2, 0) is 9.53 Å². The van der Waals surface area contributed by atoms with Gasteiger partial charge < -0.3 is 20.1 Å². The molecule has 6 heteroatoms. The van der Waals surface area contributed by atoms with Crippen molar-refractivity contribution in [2.24, 2.45) is 4.99 Å². The van der Waals surface area contributed by atoms with Gasteiger partial charge in [-0.15, -0.1) is 0 Å². The molecule has 1 aromatic carbocycles. The summed E-state index contributed by atoms with van der Waals surface area (Å²) >= 11 is 0. The maximum atomic E-state index is 11.3. The Morgan fingerprint density at radius 3 is 2.71 bits per heavy atom. The zero-order valence-corrected chi connectivity index (χ0v) is 15.1. The van der Waals surface area contributed by atoms with Crippen molar-refractivity contribution in [2.45, 2.75) is 39.7 Å². The zero-order valence-electron chi connectivity index (χ0n) is 15.1. The molecule has 2 N–H and O–H groups in total. The number of ether oxygens (including phenoxy) is 2. The van der Waals surface area contributed by atoms with Crippen LogP contribution < -0.4 is 15.4 Å². The maximum absolute atomic E-state index is 11.3. The predicted molar refractivity (Wildman–Crippen MR) is 96.5 cm³/mol. The monoisotopic (exact) mass is 335 g/mol. The first kappa shape index (κ1) is 19.8. The molecule has 0 radical (unpaired) electrons. The zero-order chi connectivity index (χ0) is 17.8. The van der Waals surface area contributed by atoms with Crippen LogP contribution in [0.4, 0.5) is 0 Å². The van der Waals surface area contributed by atoms with Gasteiger partial charge in [0.2, 0.25) is 0 Å². The summed E-state index contributed by atoms with van der Waals surface area (Å²) in [5, 5.41) is 6.39. The molecule has 1 rings (SSSR count). The van der Waals surface area contributed by atoms with E-state index < -0.39 is 0 Å². The summed E-state index contributed by atoms with van der Waals surface area (Å²) in [5.41, 5.74) is 1.12. The summed E-state index contributed by atoms with van der Waals surface area (Å²) in [6, 6.07) is 7.95. The summed E-state index contributed by atoms with van der Waals surface area (Å²) in [7, 11) is 1.72. The molecule has 0 bridgehead atoms. The van der Waals surface area contributed by atoms with Crippen molar-refractivity contribution < 1.29 is 14.3 Å². The summed E-state index contributed by atoms with van der Waals surface area (Å²) in [6.45, 7) is 7.56. The molecule has 0 saturated carbocycles. The molecule has 0 fully saturated rings. The van der Waals surface area contributed by atoms with Crippen molar-refractivity contribution in [3.63, 3.8) is 0 Å². The standard InChI is InChI=1S/C18H29N3O3/c1-5-23-17(22)11-8-12-20-18(19-4)21-13-15(3)24-16-10-7-6-9-14(16)2/h6-7,9-10,15H,5,8,11-13H2,1-4H3,(H2,19,20,21). The highest BCUT2D eigenvalue weighted by atomic mass is 16.5. The predicted octanol–water partition coefficient (Wildman–Crippen LogP) is 2.27. The Bertz CT molecular complexity index is 532. The number of nitrogens with zero attached hydrogens (tertiary/aromatic N) is 1. The molecular formula is C18H29N3O3. The van der Waals surface area contributed by atoms with E-state index in [9.17, 15) is 4.79 Å². The molecule has 0 aromatic heterocycles. The summed E-state index contributed by atoms with van der Waals surface area (Å²) in [4.78, 5) is 15.4. The minimum atomic E-state index is -0.164. The second-order valence-electron chi connectivity index (χ2n) is 5.48. The van der Waals surface area contributed by atoms with Gasteiger partial charge in [0.25, 0.3) is 0 Å². The molecule has 0 aliphatic heterocycles. The van der Waals surface area contributed by atoms with Gasteiger partial charge in [0.15, 0.2) is 5.96 Å². The third-order valence-corrected chi connectivity index (χ3v) is 3.36. The Morgan fingerprint density at radius 1 is 1.29 bits per heavy atom. The van der Waals surface area contributed by atoms with Crippen molar-refractivity contribution >= 4 is 11.9 Å². The van der Waals surface area contributed by atoms with Crippen molar-refractivity contribution in [2.75, 3.05) is 26.7 Å². The molecule has 0 aliphatic carbocycles. The van der Waals surface area contributed by atoms with E-state index in [-0.39, 0.29) is 12.1 Å². The number of guanidine groups is 1. The average Bonchev–Trinajstić information content (AvgIpc) is 2.56. The van der Waals surface area contributed by atoms with Crippen LogP contribution in [0.5, 0.6) is 5.75 Å². The number of aliphatic imine (C=N–C) groups is 1. The van der Waals surface area contributed by atoms with Crippen LogP contribution in [0.25, 0.3) is 0 Å². The largest absolute Gasteiger partial charge is 0.489 e. The molecule has 6 nitrogen and oxygen atoms in total. The van der Waals surface area contributed by atoms with Crippen LogP contribution in [0.15, 0.2) is 29.3 Å². The van der Waals surface area contributed by atoms with Gasteiger partial charge in [0.05, 0.1) is 13.2 Å². The maximum Gasteiger partial charge on any atom is 0.305 e. The molecule has 1 aromatic rings. The van der Waals surface area contributed by atoms with Crippen LogP contribution in [0.2, 0.25) is 0 Å². The van der Waals surface area contributed by atoms with Gasteiger partial charge in [-0.25, -0.2) is 0 Å². The van der Waals surface area contributed by atoms with E-state index in [0.29, 0.717) is 38.5 Å². The Kier molecular flexibility index (Phi) is 9.34. The highest BCUT2D eigenvalue weighted by Gasteiger charge is 2.07. The molecule has 0 aliphatic rings. The second-order valence-corrected chi connectivity index (χ2v) is 5.48. The molecule has 1 atom stereocenters. The highest BCUT2D eigenvalue weighted by molar-refractivity contribution is 5.79. The number of carbonyl (C=O) groups excluding carboxylic acids is 1. The first-order valence-corrected chi connectivity index (χ1v) is 8.39. The fourth-order valence-corrected chi connectivity index (χ4v) is 2.08. The SMILES string of the molecule is CCOC(=O)CCCNC(=NC)NCC(C)Oc1ccccc1C. The third kappa shape index (κ3) is 7.85. The third-order valence-electron chi connectivity index (χ3n) is 3.36. The number of hydrogen-bond donors (Lipinski definition) is 2. The molecule has 134 valence electrons. The Labute approximate surface area is 144 Å². The average molecular weight is 335 g/mol. The van der Waals surface area contributed by atoms with Crippen LogP contribution >= 0.6 is 0 Å². The van der Waals surface area contributed by atoms with E-state index in [4.69, 9.17) is 9.47 Å². The fourth-order valence-electron chi connectivity index (χ4n) is 2.08. The van der Waals surface area contributed by atoms with Gasteiger partial charge in [-0.05, 0) is 38.8 Å². The summed E-state index contributed by atoms with van der Waals surface area (Å²) in [5.74, 6) is 1.42. The lowest BCUT2D eigenvalue weighted by Crippen LogP contribution is -2.42. The van der Waals surface area contributed by atoms with Gasteiger partial charge >= 0.3 is 5.97 Å². The van der Waals surface area contributed by atoms with Crippen LogP contribution in [0.3, 0.4) is 0 Å². The number of carbonyl (C=O) groups is 1. The summed E-state index contributed by atoms with van der Waals surface area (Å²) < 4.78 is 10.8. The number of aryl methyl sites for hydroxylation is 1. The van der Waals surface area contributed by atoms with Crippen molar-refractivity contribution in [3.05, 3.63) is 29.8 Å². The second kappa shape index (κ2) is 11.3. The fraction of sp³-hybridized carbons (Fsp3) is 0.556. The number of hydrogen-bond acceptors (Lipinski definition) is 4. The first-order chi connectivity index (χ1) is 11.6. The van der Waals surface area contributed by atoms with E-state index in [0.717, 1.165) is 11.3 Å². The molecule has 24 heavy (non-hydrogen) atoms. The van der Waals surface area contributed by atoms with Gasteiger partial charge in [-0.1, -0.05) is 18.2 Å².